The first kappa shape index (κ1) is 30.9. The first-order valence-electron chi connectivity index (χ1n) is 12.5. The second-order valence-electron chi connectivity index (χ2n) is 9.16. The minimum Gasteiger partial charge on any atom is -0.403 e. The number of urea groups is 1. The van der Waals surface area contributed by atoms with Crippen LogP contribution in [0.2, 0.25) is 0 Å². The van der Waals surface area contributed by atoms with Crippen molar-refractivity contribution in [3.63, 3.8) is 0 Å². The highest BCUT2D eigenvalue weighted by Gasteiger charge is 2.42. The van der Waals surface area contributed by atoms with Gasteiger partial charge in [-0.25, -0.2) is 16.6 Å². The van der Waals surface area contributed by atoms with E-state index < -0.39 is 14.5 Å². The number of carbonyl (C=O) groups excluding carboxylic acids is 3. The van der Waals surface area contributed by atoms with Gasteiger partial charge in [0.25, 0.3) is 0 Å². The number of unbranched alkanes of at least 4 members (excludes halogenated alkanes) is 3. The minimum atomic E-state index is -4.33. The summed E-state index contributed by atoms with van der Waals surface area (Å²) < 4.78 is 34.0. The van der Waals surface area contributed by atoms with Gasteiger partial charge in [0.15, 0.2) is 0 Å². The molecule has 11 nitrogen and oxygen atoms in total. The largest absolute Gasteiger partial charge is 0.537 e. The maximum atomic E-state index is 13.3. The zero-order valence-corrected chi connectivity index (χ0v) is 24.6. The Morgan fingerprint density at radius 1 is 1.16 bits per heavy atom. The Balaban J connectivity index is 1.22. The summed E-state index contributed by atoms with van der Waals surface area (Å²) in [5.41, 5.74) is 0.355. The standard InChI is InChI=1S/C23H33FIN4O7PS/c24-13-15-12-16(9-10-18(15)35-37(33,34)36-25)27-21(31)8-2-1-5-11-26-20(30)7-4-3-6-19-22-17(14-38-19)28-23(32)29-22/h9-10,12,17,19,22H,1-8,11,13-14H2,(H,26,30)(H,27,31)(H,33,34)(H2,28,29,32). The Morgan fingerprint density at radius 3 is 2.68 bits per heavy atom. The molecule has 1 aromatic carbocycles. The lowest BCUT2D eigenvalue weighted by molar-refractivity contribution is -0.121. The van der Waals surface area contributed by atoms with E-state index in [1.54, 1.807) is 0 Å². The normalized spacial score (nSPS) is 21.7. The number of phosphoric acid groups is 1. The monoisotopic (exact) mass is 686 g/mol. The van der Waals surface area contributed by atoms with Crippen LogP contribution in [0.15, 0.2) is 18.2 Å². The number of rotatable bonds is 16. The molecule has 2 heterocycles. The van der Waals surface area contributed by atoms with Crippen molar-refractivity contribution in [2.45, 2.75) is 75.4 Å². The topological polar surface area (TPSA) is 155 Å². The molecular formula is C23H33FIN4O7PS. The Labute approximate surface area is 239 Å². The van der Waals surface area contributed by atoms with E-state index in [2.05, 4.69) is 24.1 Å². The maximum Gasteiger partial charge on any atom is 0.537 e. The molecule has 4 unspecified atom stereocenters. The maximum absolute atomic E-state index is 13.3. The molecule has 2 fully saturated rings. The number of alkyl halides is 1. The van der Waals surface area contributed by atoms with Crippen LogP contribution in [0.25, 0.3) is 0 Å². The first-order valence-corrected chi connectivity index (χ1v) is 15.9. The van der Waals surface area contributed by atoms with Crippen molar-refractivity contribution in [3.05, 3.63) is 23.8 Å². The number of phosphoric ester groups is 1. The number of benzene rings is 1. The van der Waals surface area contributed by atoms with Crippen LogP contribution in [0.4, 0.5) is 14.9 Å². The van der Waals surface area contributed by atoms with Gasteiger partial charge >= 0.3 is 13.9 Å². The third-order valence-electron chi connectivity index (χ3n) is 6.27. The van der Waals surface area contributed by atoms with Gasteiger partial charge in [0, 0.05) is 41.6 Å². The van der Waals surface area contributed by atoms with Crippen molar-refractivity contribution < 1.29 is 35.6 Å². The molecule has 0 bridgehead atoms. The number of nitrogens with one attached hydrogen (secondary N) is 4. The SMILES string of the molecule is O=C(CCCCC1SCC2NC(=O)NC21)NCCCCCC(=O)Nc1ccc(OP(=O)(O)OI)c(CF)c1. The molecule has 1 aromatic rings. The number of hydrogen-bond donors (Lipinski definition) is 5. The van der Waals surface area contributed by atoms with Gasteiger partial charge in [0.2, 0.25) is 11.8 Å². The molecule has 2 aliphatic heterocycles. The highest BCUT2D eigenvalue weighted by atomic mass is 127. The molecular weight excluding hydrogens is 653 g/mol. The van der Waals surface area contributed by atoms with Gasteiger partial charge in [-0.15, -0.1) is 0 Å². The van der Waals surface area contributed by atoms with Crippen molar-refractivity contribution in [2.24, 2.45) is 0 Å². The second kappa shape index (κ2) is 15.2. The average molecular weight is 686 g/mol. The van der Waals surface area contributed by atoms with Crippen LogP contribution in [-0.4, -0.2) is 52.4 Å². The molecule has 4 amide bonds. The molecule has 0 radical (unpaired) electrons. The number of fused-ring (bicyclic) bond motifs is 1. The summed E-state index contributed by atoms with van der Waals surface area (Å²) in [5.74, 6) is 0.576. The van der Waals surface area contributed by atoms with Gasteiger partial charge < -0.3 is 25.8 Å². The number of anilines is 1. The molecule has 3 rings (SSSR count). The van der Waals surface area contributed by atoms with Gasteiger partial charge in [-0.05, 0) is 43.9 Å². The Bertz CT molecular complexity index is 1040. The number of thioether (sulfide) groups is 1. The van der Waals surface area contributed by atoms with Crippen LogP contribution in [0.1, 0.15) is 56.9 Å². The van der Waals surface area contributed by atoms with E-state index in [4.69, 9.17) is 4.52 Å². The lowest BCUT2D eigenvalue weighted by Gasteiger charge is -2.16. The van der Waals surface area contributed by atoms with Crippen LogP contribution in [0, 0.1) is 0 Å². The lowest BCUT2D eigenvalue weighted by atomic mass is 10.0. The molecule has 15 heteroatoms. The summed E-state index contributed by atoms with van der Waals surface area (Å²) in [6.07, 6.45) is 5.62. The Hall–Kier alpha value is -1.61. The van der Waals surface area contributed by atoms with E-state index >= 15 is 0 Å². The van der Waals surface area contributed by atoms with Gasteiger partial charge in [-0.3, -0.25) is 14.5 Å². The Morgan fingerprint density at radius 2 is 1.92 bits per heavy atom. The van der Waals surface area contributed by atoms with E-state index in [1.807, 2.05) is 11.8 Å². The van der Waals surface area contributed by atoms with Crippen LogP contribution in [0.3, 0.4) is 0 Å². The van der Waals surface area contributed by atoms with E-state index in [9.17, 15) is 28.2 Å². The molecule has 2 aliphatic rings. The summed E-state index contributed by atoms with van der Waals surface area (Å²) in [6, 6.07) is 4.41. The predicted octanol–water partition coefficient (Wildman–Crippen LogP) is 4.34. The van der Waals surface area contributed by atoms with Crippen molar-refractivity contribution >= 4 is 66.1 Å². The van der Waals surface area contributed by atoms with E-state index in [1.165, 1.54) is 41.2 Å². The molecule has 0 aliphatic carbocycles. The van der Waals surface area contributed by atoms with Gasteiger partial charge in [-0.2, -0.15) is 11.8 Å². The molecule has 212 valence electrons. The zero-order chi connectivity index (χ0) is 27.5. The average Bonchev–Trinajstić information content (AvgIpc) is 3.43. The first-order chi connectivity index (χ1) is 18.2. The third-order valence-corrected chi connectivity index (χ3v) is 9.88. The fourth-order valence-corrected chi connectivity index (χ4v) is 6.63. The van der Waals surface area contributed by atoms with Gasteiger partial charge in [-0.1, -0.05) is 12.8 Å². The van der Waals surface area contributed by atoms with Crippen molar-refractivity contribution in [3.8, 4) is 5.75 Å². The number of halogens is 2. The summed E-state index contributed by atoms with van der Waals surface area (Å²) in [4.78, 5) is 45.1. The molecule has 0 aromatic heterocycles. The van der Waals surface area contributed by atoms with Gasteiger partial charge in [0.1, 0.15) is 35.4 Å². The Kier molecular flexibility index (Phi) is 12.4. The molecule has 4 atom stereocenters. The quantitative estimate of drug-likeness (QED) is 0.0745. The lowest BCUT2D eigenvalue weighted by Crippen LogP contribution is -2.36. The van der Waals surface area contributed by atoms with Crippen molar-refractivity contribution in [2.75, 3.05) is 17.6 Å². The molecule has 0 saturated carbocycles. The van der Waals surface area contributed by atoms with Crippen molar-refractivity contribution in [1.29, 1.82) is 0 Å². The molecule has 5 N–H and O–H groups in total. The fraction of sp³-hybridized carbons (Fsp3) is 0.609. The summed E-state index contributed by atoms with van der Waals surface area (Å²) in [7, 11) is -4.33. The van der Waals surface area contributed by atoms with Crippen LogP contribution >= 0.6 is 42.6 Å². The number of carbonyl (C=O) groups is 3. The minimum absolute atomic E-state index is 0.00643. The third kappa shape index (κ3) is 9.85. The second-order valence-corrected chi connectivity index (χ2v) is 12.9. The smallest absolute Gasteiger partial charge is 0.403 e. The van der Waals surface area contributed by atoms with E-state index in [-0.39, 0.29) is 47.7 Å². The number of hydrogen-bond acceptors (Lipinski definition) is 7. The van der Waals surface area contributed by atoms with Crippen molar-refractivity contribution in [1.82, 2.24) is 16.0 Å². The molecule has 38 heavy (non-hydrogen) atoms. The van der Waals surface area contributed by atoms with Crippen LogP contribution in [-0.2, 0) is 23.7 Å². The highest BCUT2D eigenvalue weighted by molar-refractivity contribution is 14.1. The highest BCUT2D eigenvalue weighted by Crippen LogP contribution is 2.47. The fourth-order valence-electron chi connectivity index (χ4n) is 4.39. The zero-order valence-electron chi connectivity index (χ0n) is 20.8. The molecule has 2 saturated heterocycles. The summed E-state index contributed by atoms with van der Waals surface area (Å²) in [5, 5.41) is 11.9. The summed E-state index contributed by atoms with van der Waals surface area (Å²) in [6.45, 7) is -0.402. The van der Waals surface area contributed by atoms with E-state index in [0.29, 0.717) is 30.3 Å². The predicted molar refractivity (Wildman–Crippen MR) is 151 cm³/mol. The van der Waals surface area contributed by atoms with Gasteiger partial charge in [0.05, 0.1) is 12.1 Å². The summed E-state index contributed by atoms with van der Waals surface area (Å²) >= 11 is 3.10. The van der Waals surface area contributed by atoms with Crippen LogP contribution in [0.5, 0.6) is 5.75 Å². The molecule has 0 spiro atoms. The van der Waals surface area contributed by atoms with E-state index in [0.717, 1.165) is 37.9 Å². The van der Waals surface area contributed by atoms with Crippen LogP contribution < -0.4 is 25.8 Å². The number of amides is 4.